The number of rotatable bonds is 9. The molecule has 0 saturated heterocycles. The van der Waals surface area contributed by atoms with Crippen LogP contribution in [-0.2, 0) is 9.59 Å². The fourth-order valence-corrected chi connectivity index (χ4v) is 4.71. The fourth-order valence-electron chi connectivity index (χ4n) is 4.71. The molecule has 6 nitrogen and oxygen atoms in total. The Morgan fingerprint density at radius 3 is 2.34 bits per heavy atom. The predicted octanol–water partition coefficient (Wildman–Crippen LogP) is 4.45. The monoisotopic (exact) mass is 404 g/mol. The highest BCUT2D eigenvalue weighted by Crippen LogP contribution is 2.52. The number of carboxylic acid groups (broad SMARTS) is 1. The lowest BCUT2D eigenvalue weighted by Gasteiger charge is -2.48. The quantitative estimate of drug-likeness (QED) is 0.528. The number of pyridine rings is 1. The smallest absolute Gasteiger partial charge is 0.304 e. The van der Waals surface area contributed by atoms with Crippen LogP contribution in [0.1, 0.15) is 90.3 Å². The minimum absolute atomic E-state index is 0.190. The molecule has 1 aromatic rings. The molecule has 1 fully saturated rings. The maximum Gasteiger partial charge on any atom is 0.304 e. The van der Waals surface area contributed by atoms with Crippen LogP contribution in [0.4, 0.5) is 0 Å². The van der Waals surface area contributed by atoms with Gasteiger partial charge in [0.1, 0.15) is 0 Å². The first-order valence-corrected chi connectivity index (χ1v) is 10.7. The second-order valence-corrected chi connectivity index (χ2v) is 9.47. The van der Waals surface area contributed by atoms with Gasteiger partial charge in [-0.1, -0.05) is 46.5 Å². The molecule has 1 aliphatic rings. The Morgan fingerprint density at radius 2 is 1.79 bits per heavy atom. The van der Waals surface area contributed by atoms with Gasteiger partial charge < -0.3 is 15.5 Å². The number of amides is 1. The number of carbonyl (C=O) groups excluding carboxylic acids is 1. The van der Waals surface area contributed by atoms with E-state index in [2.05, 4.69) is 31.1 Å². The van der Waals surface area contributed by atoms with E-state index >= 15 is 0 Å². The van der Waals surface area contributed by atoms with E-state index in [0.29, 0.717) is 12.0 Å². The number of aromatic nitrogens is 1. The van der Waals surface area contributed by atoms with Crippen LogP contribution in [0, 0.1) is 16.7 Å². The van der Waals surface area contributed by atoms with E-state index in [1.165, 1.54) is 44.5 Å². The number of carboxylic acids is 1. The maximum atomic E-state index is 12.7. The van der Waals surface area contributed by atoms with Crippen molar-refractivity contribution in [2.75, 3.05) is 0 Å². The van der Waals surface area contributed by atoms with Crippen LogP contribution in [-0.4, -0.2) is 27.1 Å². The highest BCUT2D eigenvalue weighted by Gasteiger charge is 2.42. The molecule has 0 spiro atoms. The van der Waals surface area contributed by atoms with E-state index in [9.17, 15) is 19.8 Å². The van der Waals surface area contributed by atoms with E-state index in [1.54, 1.807) is 12.1 Å². The molecule has 3 N–H and O–H groups in total. The summed E-state index contributed by atoms with van der Waals surface area (Å²) in [5, 5.41) is 22.1. The standard InChI is InChI=1S/C23H36N2O4/c1-22(2,3)23(11-5-4-6-12-23)13-7-8-18(16-19(26)27)21(29)25-20(28)17-9-14-24-15-10-17/h9-10,14-15,18,20,28H,4-8,11-13,16H2,1-3H3,(H,25,29)(H,26,27)/t18-,20?/m1/s1. The van der Waals surface area contributed by atoms with Crippen molar-refractivity contribution in [3.05, 3.63) is 30.1 Å². The van der Waals surface area contributed by atoms with Gasteiger partial charge in [-0.05, 0) is 48.6 Å². The van der Waals surface area contributed by atoms with E-state index in [0.717, 1.165) is 12.8 Å². The summed E-state index contributed by atoms with van der Waals surface area (Å²) in [6, 6.07) is 3.24. The molecule has 6 heteroatoms. The van der Waals surface area contributed by atoms with Gasteiger partial charge in [0.05, 0.1) is 6.42 Å². The molecular weight excluding hydrogens is 368 g/mol. The molecule has 1 aromatic heterocycles. The molecule has 0 aromatic carbocycles. The fraction of sp³-hybridized carbons (Fsp3) is 0.696. The van der Waals surface area contributed by atoms with Crippen LogP contribution in [0.2, 0.25) is 0 Å². The number of aliphatic hydroxyl groups excluding tert-OH is 1. The molecule has 1 aliphatic carbocycles. The van der Waals surface area contributed by atoms with Gasteiger partial charge in [0, 0.05) is 23.9 Å². The third kappa shape index (κ3) is 6.53. The summed E-state index contributed by atoms with van der Waals surface area (Å²) in [7, 11) is 0. The van der Waals surface area contributed by atoms with Gasteiger partial charge in [-0.3, -0.25) is 14.6 Å². The van der Waals surface area contributed by atoms with Crippen molar-refractivity contribution < 1.29 is 19.8 Å². The van der Waals surface area contributed by atoms with Crippen LogP contribution in [0.15, 0.2) is 24.5 Å². The number of nitrogens with one attached hydrogen (secondary N) is 1. The number of hydrogen-bond acceptors (Lipinski definition) is 4. The lowest BCUT2D eigenvalue weighted by molar-refractivity contribution is -0.142. The van der Waals surface area contributed by atoms with Crippen molar-refractivity contribution in [3.63, 3.8) is 0 Å². The Kier molecular flexibility index (Phi) is 8.20. The van der Waals surface area contributed by atoms with Crippen molar-refractivity contribution in [2.24, 2.45) is 16.7 Å². The summed E-state index contributed by atoms with van der Waals surface area (Å²) in [6.07, 6.45) is 10.2. The first-order chi connectivity index (χ1) is 13.6. The average Bonchev–Trinajstić information content (AvgIpc) is 2.67. The summed E-state index contributed by atoms with van der Waals surface area (Å²) in [4.78, 5) is 27.9. The van der Waals surface area contributed by atoms with Gasteiger partial charge in [0.15, 0.2) is 6.23 Å². The highest BCUT2D eigenvalue weighted by atomic mass is 16.4. The molecular formula is C23H36N2O4. The Balaban J connectivity index is 1.98. The van der Waals surface area contributed by atoms with Gasteiger partial charge in [0.2, 0.25) is 5.91 Å². The maximum absolute atomic E-state index is 12.7. The normalized spacial score (nSPS) is 18.6. The number of carbonyl (C=O) groups is 2. The van der Waals surface area contributed by atoms with Crippen LogP contribution < -0.4 is 5.32 Å². The summed E-state index contributed by atoms with van der Waals surface area (Å²) < 4.78 is 0. The Bertz CT molecular complexity index is 663. The molecule has 162 valence electrons. The number of nitrogens with zero attached hydrogens (tertiary/aromatic N) is 1. The molecule has 0 aliphatic heterocycles. The largest absolute Gasteiger partial charge is 0.481 e. The van der Waals surface area contributed by atoms with Crippen molar-refractivity contribution in [2.45, 2.75) is 84.8 Å². The second-order valence-electron chi connectivity index (χ2n) is 9.47. The number of aliphatic carboxylic acids is 1. The zero-order valence-electron chi connectivity index (χ0n) is 18.0. The summed E-state index contributed by atoms with van der Waals surface area (Å²) >= 11 is 0. The van der Waals surface area contributed by atoms with Crippen LogP contribution in [0.3, 0.4) is 0 Å². The highest BCUT2D eigenvalue weighted by molar-refractivity contribution is 5.83. The van der Waals surface area contributed by atoms with Crippen molar-refractivity contribution in [1.29, 1.82) is 0 Å². The van der Waals surface area contributed by atoms with E-state index in [-0.39, 0.29) is 17.3 Å². The Morgan fingerprint density at radius 1 is 1.17 bits per heavy atom. The van der Waals surface area contributed by atoms with Crippen molar-refractivity contribution >= 4 is 11.9 Å². The first kappa shape index (κ1) is 23.3. The molecule has 1 unspecified atom stereocenters. The zero-order chi connectivity index (χ0) is 21.5. The first-order valence-electron chi connectivity index (χ1n) is 10.7. The van der Waals surface area contributed by atoms with Gasteiger partial charge >= 0.3 is 5.97 Å². The van der Waals surface area contributed by atoms with E-state index in [4.69, 9.17) is 0 Å². The van der Waals surface area contributed by atoms with Crippen LogP contribution in [0.5, 0.6) is 0 Å². The van der Waals surface area contributed by atoms with Crippen molar-refractivity contribution in [1.82, 2.24) is 10.3 Å². The molecule has 1 heterocycles. The SMILES string of the molecule is CC(C)(C)C1(CCC[C@H](CC(=O)O)C(=O)NC(O)c2ccncc2)CCCCC1. The Labute approximate surface area is 174 Å². The summed E-state index contributed by atoms with van der Waals surface area (Å²) in [6.45, 7) is 6.89. The van der Waals surface area contributed by atoms with E-state index in [1.807, 2.05) is 0 Å². The van der Waals surface area contributed by atoms with Gasteiger partial charge in [0.25, 0.3) is 0 Å². The third-order valence-electron chi connectivity index (χ3n) is 6.70. The molecule has 0 radical (unpaired) electrons. The summed E-state index contributed by atoms with van der Waals surface area (Å²) in [5.41, 5.74) is 0.970. The zero-order valence-corrected chi connectivity index (χ0v) is 18.0. The third-order valence-corrected chi connectivity index (χ3v) is 6.70. The average molecular weight is 405 g/mol. The van der Waals surface area contributed by atoms with Gasteiger partial charge in [-0.2, -0.15) is 0 Å². The molecule has 2 rings (SSSR count). The van der Waals surface area contributed by atoms with Crippen molar-refractivity contribution in [3.8, 4) is 0 Å². The summed E-state index contributed by atoms with van der Waals surface area (Å²) in [5.74, 6) is -2.05. The molecule has 1 amide bonds. The predicted molar refractivity (Wildman–Crippen MR) is 112 cm³/mol. The molecule has 2 atom stereocenters. The van der Waals surface area contributed by atoms with Gasteiger partial charge in [-0.15, -0.1) is 0 Å². The second kappa shape index (κ2) is 10.2. The molecule has 29 heavy (non-hydrogen) atoms. The lowest BCUT2D eigenvalue weighted by Crippen LogP contribution is -2.38. The minimum atomic E-state index is -1.17. The lowest BCUT2D eigenvalue weighted by atomic mass is 9.57. The van der Waals surface area contributed by atoms with E-state index < -0.39 is 24.0 Å². The van der Waals surface area contributed by atoms with Crippen LogP contribution in [0.25, 0.3) is 0 Å². The van der Waals surface area contributed by atoms with Crippen LogP contribution >= 0.6 is 0 Å². The Hall–Kier alpha value is -1.95. The minimum Gasteiger partial charge on any atom is -0.481 e. The molecule has 1 saturated carbocycles. The topological polar surface area (TPSA) is 99.5 Å². The molecule has 0 bridgehead atoms. The van der Waals surface area contributed by atoms with Gasteiger partial charge in [-0.25, -0.2) is 0 Å². The number of hydrogen-bond donors (Lipinski definition) is 3. The number of aliphatic hydroxyl groups is 1.